The number of carbonyl (C=O) groups is 2. The first kappa shape index (κ1) is 22.3. The second kappa shape index (κ2) is 10.6. The van der Waals surface area contributed by atoms with Gasteiger partial charge in [0, 0.05) is 34.8 Å². The predicted octanol–water partition coefficient (Wildman–Crippen LogP) is 5.55. The van der Waals surface area contributed by atoms with Crippen molar-refractivity contribution >= 4 is 62.7 Å². The molecule has 0 radical (unpaired) electrons. The number of hydrogen-bond acceptors (Lipinski definition) is 3. The average molecular weight is 618 g/mol. The molecule has 1 saturated heterocycles. The fourth-order valence-electron chi connectivity index (χ4n) is 3.42. The lowest BCUT2D eigenvalue weighted by Crippen LogP contribution is -2.40. The first-order chi connectivity index (χ1) is 14.0. The summed E-state index contributed by atoms with van der Waals surface area (Å²) in [6.45, 7) is 2.84. The highest BCUT2D eigenvalue weighted by molar-refractivity contribution is 14.1. The van der Waals surface area contributed by atoms with Crippen LogP contribution in [-0.4, -0.2) is 29.8 Å². The van der Waals surface area contributed by atoms with Gasteiger partial charge in [0.15, 0.2) is 5.75 Å². The van der Waals surface area contributed by atoms with E-state index in [0.29, 0.717) is 37.4 Å². The summed E-state index contributed by atoms with van der Waals surface area (Å²) in [5.41, 5.74) is 3.10. The number of carbonyl (C=O) groups excluding carboxylic acids is 2. The van der Waals surface area contributed by atoms with Crippen molar-refractivity contribution in [1.29, 1.82) is 0 Å². The van der Waals surface area contributed by atoms with Gasteiger partial charge >= 0.3 is 0 Å². The Morgan fingerprint density at radius 1 is 1.07 bits per heavy atom. The molecule has 7 heteroatoms. The molecule has 0 aliphatic carbocycles. The first-order valence-electron chi connectivity index (χ1n) is 9.58. The van der Waals surface area contributed by atoms with Gasteiger partial charge < -0.3 is 15.0 Å². The molecule has 0 bridgehead atoms. The van der Waals surface area contributed by atoms with Crippen LogP contribution in [-0.2, 0) is 18.4 Å². The van der Waals surface area contributed by atoms with E-state index in [2.05, 4.69) is 56.6 Å². The maximum atomic E-state index is 12.8. The zero-order valence-corrected chi connectivity index (χ0v) is 20.6. The van der Waals surface area contributed by atoms with Crippen LogP contribution in [0.1, 0.15) is 30.9 Å². The molecule has 1 aliphatic heterocycles. The Balaban J connectivity index is 1.71. The largest absolute Gasteiger partial charge is 0.455 e. The lowest BCUT2D eigenvalue weighted by molar-refractivity contribution is -0.132. The summed E-state index contributed by atoms with van der Waals surface area (Å²) < 4.78 is 7.98. The number of anilines is 1. The van der Waals surface area contributed by atoms with Crippen molar-refractivity contribution in [2.75, 3.05) is 18.4 Å². The first-order valence-corrected chi connectivity index (χ1v) is 12.6. The highest BCUT2D eigenvalue weighted by atomic mass is 127. The summed E-state index contributed by atoms with van der Waals surface area (Å²) in [4.78, 5) is 26.1. The van der Waals surface area contributed by atoms with Crippen LogP contribution in [0.2, 0.25) is 0 Å². The molecular weight excluding hydrogens is 594 g/mol. The van der Waals surface area contributed by atoms with Crippen molar-refractivity contribution in [3.8, 4) is 11.5 Å². The number of benzene rings is 2. The van der Waals surface area contributed by atoms with E-state index in [9.17, 15) is 9.59 Å². The topological polar surface area (TPSA) is 58.6 Å². The number of nitrogens with zero attached hydrogens (tertiary/aromatic N) is 1. The van der Waals surface area contributed by atoms with Gasteiger partial charge in [0.05, 0.1) is 5.69 Å². The molecule has 1 aliphatic rings. The van der Waals surface area contributed by atoms with E-state index in [0.717, 1.165) is 14.6 Å². The van der Waals surface area contributed by atoms with Crippen molar-refractivity contribution in [3.63, 3.8) is 0 Å². The Bertz CT molecular complexity index is 858. The van der Waals surface area contributed by atoms with Gasteiger partial charge in [-0.25, -0.2) is 0 Å². The second-order valence-electron chi connectivity index (χ2n) is 7.12. The van der Waals surface area contributed by atoms with Crippen LogP contribution in [0.15, 0.2) is 42.5 Å². The van der Waals surface area contributed by atoms with Crippen LogP contribution >= 0.6 is 45.2 Å². The summed E-state index contributed by atoms with van der Waals surface area (Å²) in [7, 11) is 0. The quantitative estimate of drug-likeness (QED) is 0.342. The molecule has 5 nitrogen and oxygen atoms in total. The molecule has 1 heterocycles. The molecule has 2 amide bonds. The van der Waals surface area contributed by atoms with Gasteiger partial charge in [-0.3, -0.25) is 9.59 Å². The SMILES string of the molecule is CC(=O)N1CCC(C(=O)Nc2ccccc2Oc2cc(CI)cc(CI)c2)CC1. The minimum absolute atomic E-state index is 0.0155. The second-order valence-corrected chi connectivity index (χ2v) is 8.65. The van der Waals surface area contributed by atoms with Crippen LogP contribution in [0, 0.1) is 5.92 Å². The smallest absolute Gasteiger partial charge is 0.227 e. The zero-order chi connectivity index (χ0) is 20.8. The number of ether oxygens (including phenoxy) is 1. The van der Waals surface area contributed by atoms with E-state index in [1.54, 1.807) is 11.8 Å². The number of likely N-dealkylation sites (tertiary alicyclic amines) is 1. The standard InChI is InChI=1S/C22H24I2N2O3/c1-15(27)26-8-6-18(7-9-26)22(28)25-20-4-2-3-5-21(20)29-19-11-16(13-23)10-17(12-19)14-24/h2-5,10-12,18H,6-9,13-14H2,1H3,(H,25,28). The summed E-state index contributed by atoms with van der Waals surface area (Å²) in [5, 5.41) is 3.03. The number of rotatable bonds is 6. The van der Waals surface area contributed by atoms with Crippen molar-refractivity contribution in [2.24, 2.45) is 5.92 Å². The Hall–Kier alpha value is -1.36. The normalized spacial score (nSPS) is 14.5. The Kier molecular flexibility index (Phi) is 8.16. The monoisotopic (exact) mass is 618 g/mol. The van der Waals surface area contributed by atoms with Gasteiger partial charge in [-0.05, 0) is 48.2 Å². The number of halogens is 2. The Labute approximate surface area is 198 Å². The number of nitrogens with one attached hydrogen (secondary N) is 1. The molecule has 0 aromatic heterocycles. The van der Waals surface area contributed by atoms with Gasteiger partial charge in [0.25, 0.3) is 0 Å². The number of hydrogen-bond donors (Lipinski definition) is 1. The maximum Gasteiger partial charge on any atom is 0.227 e. The molecule has 1 N–H and O–H groups in total. The zero-order valence-electron chi connectivity index (χ0n) is 16.3. The fraction of sp³-hybridized carbons (Fsp3) is 0.364. The average Bonchev–Trinajstić information content (AvgIpc) is 2.74. The van der Waals surface area contributed by atoms with E-state index in [-0.39, 0.29) is 17.7 Å². The van der Waals surface area contributed by atoms with Crippen LogP contribution in [0.5, 0.6) is 11.5 Å². The van der Waals surface area contributed by atoms with Gasteiger partial charge in [0.1, 0.15) is 5.75 Å². The molecule has 29 heavy (non-hydrogen) atoms. The van der Waals surface area contributed by atoms with E-state index >= 15 is 0 Å². The number of piperidine rings is 1. The van der Waals surface area contributed by atoms with E-state index < -0.39 is 0 Å². The molecule has 0 saturated carbocycles. The highest BCUT2D eigenvalue weighted by Gasteiger charge is 2.26. The summed E-state index contributed by atoms with van der Waals surface area (Å²) in [5.74, 6) is 1.38. The lowest BCUT2D eigenvalue weighted by atomic mass is 9.96. The molecule has 1 fully saturated rings. The third kappa shape index (κ3) is 6.07. The molecular formula is C22H24I2N2O3. The summed E-state index contributed by atoms with van der Waals surface area (Å²) in [6.07, 6.45) is 1.37. The highest BCUT2D eigenvalue weighted by Crippen LogP contribution is 2.32. The van der Waals surface area contributed by atoms with Gasteiger partial charge in [0.2, 0.25) is 11.8 Å². The van der Waals surface area contributed by atoms with Crippen LogP contribution < -0.4 is 10.1 Å². The number of alkyl halides is 2. The van der Waals surface area contributed by atoms with Gasteiger partial charge in [-0.2, -0.15) is 0 Å². The molecule has 0 spiro atoms. The van der Waals surface area contributed by atoms with E-state index in [4.69, 9.17) is 4.74 Å². The van der Waals surface area contributed by atoms with Crippen LogP contribution in [0.3, 0.4) is 0 Å². The van der Waals surface area contributed by atoms with Gasteiger partial charge in [-0.1, -0.05) is 63.4 Å². The molecule has 2 aromatic rings. The molecule has 0 atom stereocenters. The van der Waals surface area contributed by atoms with Crippen molar-refractivity contribution in [1.82, 2.24) is 4.90 Å². The van der Waals surface area contributed by atoms with Crippen LogP contribution in [0.4, 0.5) is 5.69 Å². The number of amides is 2. The van der Waals surface area contributed by atoms with Gasteiger partial charge in [-0.15, -0.1) is 0 Å². The minimum atomic E-state index is -0.0911. The van der Waals surface area contributed by atoms with E-state index in [1.165, 1.54) is 11.1 Å². The summed E-state index contributed by atoms with van der Waals surface area (Å²) in [6, 6.07) is 13.8. The maximum absolute atomic E-state index is 12.8. The predicted molar refractivity (Wildman–Crippen MR) is 132 cm³/mol. The fourth-order valence-corrected chi connectivity index (χ4v) is 4.30. The van der Waals surface area contributed by atoms with Crippen molar-refractivity contribution in [2.45, 2.75) is 28.6 Å². The van der Waals surface area contributed by atoms with E-state index in [1.807, 2.05) is 36.4 Å². The lowest BCUT2D eigenvalue weighted by Gasteiger charge is -2.30. The third-order valence-electron chi connectivity index (χ3n) is 5.02. The Morgan fingerprint density at radius 2 is 1.69 bits per heavy atom. The molecule has 3 rings (SSSR count). The molecule has 2 aromatic carbocycles. The van der Waals surface area contributed by atoms with Crippen molar-refractivity contribution < 1.29 is 14.3 Å². The Morgan fingerprint density at radius 3 is 2.28 bits per heavy atom. The van der Waals surface area contributed by atoms with Crippen LogP contribution in [0.25, 0.3) is 0 Å². The molecule has 154 valence electrons. The number of para-hydroxylation sites is 2. The summed E-state index contributed by atoms with van der Waals surface area (Å²) >= 11 is 4.69. The van der Waals surface area contributed by atoms with Crippen molar-refractivity contribution in [3.05, 3.63) is 53.6 Å². The molecule has 0 unspecified atom stereocenters. The third-order valence-corrected chi connectivity index (χ3v) is 6.78. The minimum Gasteiger partial charge on any atom is -0.455 e.